The fourth-order valence-corrected chi connectivity index (χ4v) is 6.88. The summed E-state index contributed by atoms with van der Waals surface area (Å²) in [6.45, 7) is 4.61. The maximum atomic E-state index is 13.0. The number of carbonyl (C=O) groups is 1. The van der Waals surface area contributed by atoms with Gasteiger partial charge in [0.2, 0.25) is 0 Å². The van der Waals surface area contributed by atoms with E-state index in [9.17, 15) is 15.0 Å². The van der Waals surface area contributed by atoms with E-state index in [-0.39, 0.29) is 29.0 Å². The zero-order valence-corrected chi connectivity index (χ0v) is 13.9. The van der Waals surface area contributed by atoms with Crippen molar-refractivity contribution in [1.29, 1.82) is 0 Å². The Morgan fingerprint density at radius 1 is 0.955 bits per heavy atom. The molecule has 0 aromatic carbocycles. The van der Waals surface area contributed by atoms with E-state index in [2.05, 4.69) is 13.8 Å². The van der Waals surface area contributed by atoms with Gasteiger partial charge in [0.15, 0.2) is 0 Å². The molecular weight excluding hydrogens is 276 g/mol. The zero-order chi connectivity index (χ0) is 15.7. The lowest BCUT2D eigenvalue weighted by atomic mass is 9.45. The highest BCUT2D eigenvalue weighted by molar-refractivity contribution is 5.83. The number of Topliss-reactive ketones (excluding diaryl/α,β-unsaturated/α-hetero) is 1. The van der Waals surface area contributed by atoms with Crippen LogP contribution in [0.25, 0.3) is 0 Å². The van der Waals surface area contributed by atoms with Crippen molar-refractivity contribution in [3.05, 3.63) is 0 Å². The van der Waals surface area contributed by atoms with Crippen LogP contribution in [-0.4, -0.2) is 28.2 Å². The molecule has 0 unspecified atom stereocenters. The fraction of sp³-hybridized carbons (Fsp3) is 0.947. The quantitative estimate of drug-likeness (QED) is 0.723. The van der Waals surface area contributed by atoms with Crippen LogP contribution in [0.1, 0.15) is 65.2 Å². The Labute approximate surface area is 133 Å². The lowest BCUT2D eigenvalue weighted by Gasteiger charge is -2.59. The Balaban J connectivity index is 1.69. The summed E-state index contributed by atoms with van der Waals surface area (Å²) in [7, 11) is 0. The number of hydrogen-bond acceptors (Lipinski definition) is 3. The van der Waals surface area contributed by atoms with E-state index >= 15 is 0 Å². The Kier molecular flexibility index (Phi) is 3.30. The zero-order valence-electron chi connectivity index (χ0n) is 13.9. The minimum atomic E-state index is -0.218. The van der Waals surface area contributed by atoms with Crippen molar-refractivity contribution in [2.24, 2.45) is 34.5 Å². The molecule has 124 valence electrons. The predicted octanol–water partition coefficient (Wildman–Crippen LogP) is 2.93. The fourth-order valence-electron chi connectivity index (χ4n) is 6.88. The van der Waals surface area contributed by atoms with E-state index in [4.69, 9.17) is 0 Å². The Hall–Kier alpha value is -0.410. The molecule has 0 aliphatic heterocycles. The number of aliphatic hydroxyl groups is 2. The summed E-state index contributed by atoms with van der Waals surface area (Å²) in [5, 5.41) is 20.5. The molecule has 0 radical (unpaired) electrons. The van der Waals surface area contributed by atoms with Gasteiger partial charge in [-0.05, 0) is 73.5 Å². The van der Waals surface area contributed by atoms with E-state index in [1.165, 1.54) is 0 Å². The van der Waals surface area contributed by atoms with Gasteiger partial charge in [-0.25, -0.2) is 0 Å². The van der Waals surface area contributed by atoms with Crippen molar-refractivity contribution in [2.45, 2.75) is 77.4 Å². The number of rotatable bonds is 0. The monoisotopic (exact) mass is 306 g/mol. The smallest absolute Gasteiger partial charge is 0.136 e. The van der Waals surface area contributed by atoms with Crippen molar-refractivity contribution >= 4 is 5.78 Å². The minimum Gasteiger partial charge on any atom is -0.393 e. The van der Waals surface area contributed by atoms with E-state index in [0.717, 1.165) is 44.9 Å². The van der Waals surface area contributed by atoms with E-state index in [1.54, 1.807) is 0 Å². The van der Waals surface area contributed by atoms with Crippen molar-refractivity contribution in [1.82, 2.24) is 0 Å². The maximum absolute atomic E-state index is 13.0. The van der Waals surface area contributed by atoms with E-state index in [1.807, 2.05) is 0 Å². The molecule has 0 amide bonds. The highest BCUT2D eigenvalue weighted by Gasteiger charge is 2.62. The van der Waals surface area contributed by atoms with Gasteiger partial charge < -0.3 is 10.2 Å². The molecule has 0 aromatic heterocycles. The predicted molar refractivity (Wildman–Crippen MR) is 84.1 cm³/mol. The molecule has 0 bridgehead atoms. The van der Waals surface area contributed by atoms with Crippen molar-refractivity contribution in [3.63, 3.8) is 0 Å². The summed E-state index contributed by atoms with van der Waals surface area (Å²) in [4.78, 5) is 13.0. The van der Waals surface area contributed by atoms with Crippen LogP contribution in [-0.2, 0) is 4.79 Å². The largest absolute Gasteiger partial charge is 0.393 e. The minimum absolute atomic E-state index is 0.0335. The van der Waals surface area contributed by atoms with E-state index in [0.29, 0.717) is 30.0 Å². The van der Waals surface area contributed by atoms with Gasteiger partial charge in [-0.15, -0.1) is 0 Å². The van der Waals surface area contributed by atoms with Crippen molar-refractivity contribution < 1.29 is 15.0 Å². The van der Waals surface area contributed by atoms with Crippen LogP contribution in [0, 0.1) is 34.5 Å². The SMILES string of the molecule is C[C@]12CC[C@H](O)C[C@H]1CC(=O)[C@@H]1[C@@H]2CC[C@]2(C)[C@@H](O)CC[C@@H]12. The first-order chi connectivity index (χ1) is 10.4. The topological polar surface area (TPSA) is 57.5 Å². The third kappa shape index (κ3) is 1.84. The van der Waals surface area contributed by atoms with E-state index < -0.39 is 0 Å². The Bertz CT molecular complexity index is 489. The summed E-state index contributed by atoms with van der Waals surface area (Å²) in [6.07, 6.45) is 7.07. The van der Waals surface area contributed by atoms with Gasteiger partial charge in [-0.2, -0.15) is 0 Å². The lowest BCUT2D eigenvalue weighted by Crippen LogP contribution is -2.57. The normalized spacial score (nSPS) is 57.9. The molecule has 4 aliphatic carbocycles. The molecule has 0 aromatic rings. The van der Waals surface area contributed by atoms with Gasteiger partial charge in [0.05, 0.1) is 12.2 Å². The molecule has 4 aliphatic rings. The third-order valence-corrected chi connectivity index (χ3v) is 8.39. The molecule has 4 rings (SSSR count). The standard InChI is InChI=1S/C19H30O3/c1-18-7-5-12(20)9-11(18)10-15(21)17-13-3-4-16(22)19(13,2)8-6-14(17)18/h11-14,16-17,20,22H,3-10H2,1-2H3/t11-,12-,13-,14-,16-,17-,18-,19-/m0/s1. The van der Waals surface area contributed by atoms with Crippen LogP contribution in [0.15, 0.2) is 0 Å². The van der Waals surface area contributed by atoms with Gasteiger partial charge in [0, 0.05) is 12.3 Å². The average molecular weight is 306 g/mol. The van der Waals surface area contributed by atoms with Gasteiger partial charge >= 0.3 is 0 Å². The second kappa shape index (κ2) is 4.80. The van der Waals surface area contributed by atoms with Crippen LogP contribution in [0.4, 0.5) is 0 Å². The van der Waals surface area contributed by atoms with Gasteiger partial charge in [0.1, 0.15) is 5.78 Å². The number of aliphatic hydroxyl groups excluding tert-OH is 2. The average Bonchev–Trinajstić information content (AvgIpc) is 2.77. The highest BCUT2D eigenvalue weighted by atomic mass is 16.3. The second-order valence-corrected chi connectivity index (χ2v) is 9.18. The first-order valence-corrected chi connectivity index (χ1v) is 9.25. The molecule has 0 heterocycles. The Morgan fingerprint density at radius 3 is 2.41 bits per heavy atom. The number of hydrogen-bond donors (Lipinski definition) is 2. The first-order valence-electron chi connectivity index (χ1n) is 9.25. The maximum Gasteiger partial charge on any atom is 0.136 e. The van der Waals surface area contributed by atoms with Crippen molar-refractivity contribution in [2.75, 3.05) is 0 Å². The van der Waals surface area contributed by atoms with Crippen LogP contribution >= 0.6 is 0 Å². The molecule has 4 fully saturated rings. The van der Waals surface area contributed by atoms with Gasteiger partial charge in [-0.1, -0.05) is 13.8 Å². The number of fused-ring (bicyclic) bond motifs is 5. The van der Waals surface area contributed by atoms with Crippen LogP contribution < -0.4 is 0 Å². The third-order valence-electron chi connectivity index (χ3n) is 8.39. The number of ketones is 1. The second-order valence-electron chi connectivity index (χ2n) is 9.18. The van der Waals surface area contributed by atoms with Crippen LogP contribution in [0.5, 0.6) is 0 Å². The molecule has 3 heteroatoms. The van der Waals surface area contributed by atoms with Crippen LogP contribution in [0.2, 0.25) is 0 Å². The summed E-state index contributed by atoms with van der Waals surface area (Å²) < 4.78 is 0. The summed E-state index contributed by atoms with van der Waals surface area (Å²) in [5.74, 6) is 1.85. The first kappa shape index (κ1) is 15.1. The molecule has 4 saturated carbocycles. The summed E-state index contributed by atoms with van der Waals surface area (Å²) in [5.41, 5.74) is 0.195. The molecule has 3 nitrogen and oxygen atoms in total. The van der Waals surface area contributed by atoms with Gasteiger partial charge in [0.25, 0.3) is 0 Å². The lowest BCUT2D eigenvalue weighted by molar-refractivity contribution is -0.162. The van der Waals surface area contributed by atoms with Crippen molar-refractivity contribution in [3.8, 4) is 0 Å². The molecule has 0 saturated heterocycles. The molecule has 8 atom stereocenters. The molecule has 0 spiro atoms. The summed E-state index contributed by atoms with van der Waals surface area (Å²) in [6, 6.07) is 0. The molecular formula is C19H30O3. The molecule has 2 N–H and O–H groups in total. The Morgan fingerprint density at radius 2 is 1.64 bits per heavy atom. The van der Waals surface area contributed by atoms with Gasteiger partial charge in [-0.3, -0.25) is 4.79 Å². The molecule has 22 heavy (non-hydrogen) atoms. The van der Waals surface area contributed by atoms with Crippen LogP contribution in [0.3, 0.4) is 0 Å². The highest BCUT2D eigenvalue weighted by Crippen LogP contribution is 2.65. The number of carbonyl (C=O) groups excluding carboxylic acids is 1. The summed E-state index contributed by atoms with van der Waals surface area (Å²) >= 11 is 0.